The third kappa shape index (κ3) is 5.31. The summed E-state index contributed by atoms with van der Waals surface area (Å²) in [6, 6.07) is 6.76. The molecule has 2 unspecified atom stereocenters. The molecule has 2 atom stereocenters. The van der Waals surface area contributed by atoms with E-state index in [-0.39, 0.29) is 6.54 Å². The molecule has 0 aliphatic rings. The van der Waals surface area contributed by atoms with E-state index >= 15 is 0 Å². The molecule has 0 fully saturated rings. The van der Waals surface area contributed by atoms with Gasteiger partial charge in [0.15, 0.2) is 12.2 Å². The second-order valence-electron chi connectivity index (χ2n) is 4.22. The smallest absolute Gasteiger partial charge is 0.336 e. The number of esters is 1. The predicted octanol–water partition coefficient (Wildman–Crippen LogP) is 0.113. The first kappa shape index (κ1) is 16.8. The summed E-state index contributed by atoms with van der Waals surface area (Å²) in [6.07, 6.45) is -2.17. The van der Waals surface area contributed by atoms with Crippen LogP contribution < -0.4 is 14.8 Å². The first-order valence-electron chi connectivity index (χ1n) is 6.32. The zero-order valence-electron chi connectivity index (χ0n) is 12.2. The Labute approximate surface area is 122 Å². The van der Waals surface area contributed by atoms with Crippen LogP contribution in [0.15, 0.2) is 24.3 Å². The van der Waals surface area contributed by atoms with Crippen LogP contribution in [-0.2, 0) is 14.3 Å². The number of carbonyl (C=O) groups is 2. The number of aliphatic hydroxyl groups is 1. The summed E-state index contributed by atoms with van der Waals surface area (Å²) in [6.45, 7) is 1.33. The fraction of sp³-hybridized carbons (Fsp3) is 0.429. The molecular formula is C14H19NO6. The number of rotatable bonds is 7. The van der Waals surface area contributed by atoms with Crippen molar-refractivity contribution in [3.05, 3.63) is 24.3 Å². The van der Waals surface area contributed by atoms with Crippen LogP contribution in [0.3, 0.4) is 0 Å². The summed E-state index contributed by atoms with van der Waals surface area (Å²) in [5.41, 5.74) is 0. The third-order valence-corrected chi connectivity index (χ3v) is 2.68. The Hall–Kier alpha value is -2.28. The number of ether oxygens (including phenoxy) is 3. The van der Waals surface area contributed by atoms with Gasteiger partial charge in [0, 0.05) is 0 Å². The normalized spacial score (nSPS) is 13.0. The molecule has 1 aromatic rings. The number of benzene rings is 1. The Bertz CT molecular complexity index is 473. The summed E-state index contributed by atoms with van der Waals surface area (Å²) < 4.78 is 14.8. The standard InChI is InChI=1S/C14H19NO6/c1-9(13(17)15-8-12(16)14(18)20-3)21-11-6-4-10(19-2)5-7-11/h4-7,9,12,16H,8H2,1-3H3,(H,15,17). The molecule has 7 heteroatoms. The molecule has 0 saturated heterocycles. The lowest BCUT2D eigenvalue weighted by Gasteiger charge is -2.16. The van der Waals surface area contributed by atoms with Gasteiger partial charge < -0.3 is 24.6 Å². The molecule has 7 nitrogen and oxygen atoms in total. The molecule has 0 aliphatic heterocycles. The van der Waals surface area contributed by atoms with Crippen LogP contribution in [-0.4, -0.2) is 50.0 Å². The van der Waals surface area contributed by atoms with E-state index in [0.29, 0.717) is 11.5 Å². The van der Waals surface area contributed by atoms with Crippen molar-refractivity contribution in [2.24, 2.45) is 0 Å². The van der Waals surface area contributed by atoms with Gasteiger partial charge in [-0.3, -0.25) is 4.79 Å². The average Bonchev–Trinajstić information content (AvgIpc) is 2.51. The van der Waals surface area contributed by atoms with Crippen LogP contribution in [0, 0.1) is 0 Å². The lowest BCUT2D eigenvalue weighted by atomic mass is 10.3. The van der Waals surface area contributed by atoms with Crippen molar-refractivity contribution in [3.8, 4) is 11.5 Å². The van der Waals surface area contributed by atoms with Gasteiger partial charge in [-0.05, 0) is 31.2 Å². The molecule has 21 heavy (non-hydrogen) atoms. The van der Waals surface area contributed by atoms with E-state index in [0.717, 1.165) is 7.11 Å². The molecule has 0 saturated carbocycles. The summed E-state index contributed by atoms with van der Waals surface area (Å²) in [7, 11) is 2.71. The van der Waals surface area contributed by atoms with E-state index in [2.05, 4.69) is 10.1 Å². The first-order chi connectivity index (χ1) is 9.97. The quantitative estimate of drug-likeness (QED) is 0.694. The highest BCUT2D eigenvalue weighted by Gasteiger charge is 2.19. The number of aliphatic hydroxyl groups excluding tert-OH is 1. The highest BCUT2D eigenvalue weighted by atomic mass is 16.5. The molecule has 116 valence electrons. The Balaban J connectivity index is 2.45. The van der Waals surface area contributed by atoms with Crippen molar-refractivity contribution < 1.29 is 28.9 Å². The largest absolute Gasteiger partial charge is 0.497 e. The lowest BCUT2D eigenvalue weighted by molar-refractivity contribution is -0.150. The fourth-order valence-corrected chi connectivity index (χ4v) is 1.47. The Morgan fingerprint density at radius 3 is 2.29 bits per heavy atom. The number of hydrogen-bond acceptors (Lipinski definition) is 6. The fourth-order valence-electron chi connectivity index (χ4n) is 1.47. The molecule has 2 N–H and O–H groups in total. The zero-order chi connectivity index (χ0) is 15.8. The van der Waals surface area contributed by atoms with Gasteiger partial charge in [0.25, 0.3) is 5.91 Å². The van der Waals surface area contributed by atoms with Crippen molar-refractivity contribution >= 4 is 11.9 Å². The van der Waals surface area contributed by atoms with Crippen LogP contribution in [0.2, 0.25) is 0 Å². The maximum atomic E-state index is 11.8. The van der Waals surface area contributed by atoms with Gasteiger partial charge in [-0.1, -0.05) is 0 Å². The van der Waals surface area contributed by atoms with E-state index in [1.807, 2.05) is 0 Å². The van der Waals surface area contributed by atoms with Crippen LogP contribution in [0.4, 0.5) is 0 Å². The molecule has 1 amide bonds. The van der Waals surface area contributed by atoms with Crippen molar-refractivity contribution in [1.29, 1.82) is 0 Å². The summed E-state index contributed by atoms with van der Waals surface area (Å²) in [5.74, 6) is -0.0691. The van der Waals surface area contributed by atoms with E-state index in [1.54, 1.807) is 38.3 Å². The first-order valence-corrected chi connectivity index (χ1v) is 6.32. The monoisotopic (exact) mass is 297 g/mol. The molecule has 1 rings (SSSR count). The van der Waals surface area contributed by atoms with E-state index in [1.165, 1.54) is 0 Å². The minimum Gasteiger partial charge on any atom is -0.497 e. The van der Waals surface area contributed by atoms with E-state index < -0.39 is 24.1 Å². The lowest BCUT2D eigenvalue weighted by Crippen LogP contribution is -2.42. The third-order valence-electron chi connectivity index (χ3n) is 2.68. The number of methoxy groups -OCH3 is 2. The average molecular weight is 297 g/mol. The maximum absolute atomic E-state index is 11.8. The number of carbonyl (C=O) groups excluding carboxylic acids is 2. The molecule has 0 radical (unpaired) electrons. The highest BCUT2D eigenvalue weighted by molar-refractivity contribution is 5.82. The van der Waals surface area contributed by atoms with Gasteiger partial charge in [-0.2, -0.15) is 0 Å². The van der Waals surface area contributed by atoms with Gasteiger partial charge in [-0.25, -0.2) is 4.79 Å². The van der Waals surface area contributed by atoms with Crippen LogP contribution in [0.25, 0.3) is 0 Å². The van der Waals surface area contributed by atoms with Crippen molar-refractivity contribution in [3.63, 3.8) is 0 Å². The number of hydrogen-bond donors (Lipinski definition) is 2. The predicted molar refractivity (Wildman–Crippen MR) is 74.1 cm³/mol. The summed E-state index contributed by atoms with van der Waals surface area (Å²) in [4.78, 5) is 22.7. The minimum atomic E-state index is -1.40. The highest BCUT2D eigenvalue weighted by Crippen LogP contribution is 2.18. The number of amides is 1. The molecule has 0 spiro atoms. The van der Waals surface area contributed by atoms with Gasteiger partial charge >= 0.3 is 5.97 Å². The maximum Gasteiger partial charge on any atom is 0.336 e. The van der Waals surface area contributed by atoms with Crippen molar-refractivity contribution in [2.75, 3.05) is 20.8 Å². The molecule has 0 aromatic heterocycles. The van der Waals surface area contributed by atoms with Gasteiger partial charge in [0.1, 0.15) is 11.5 Å². The molecular weight excluding hydrogens is 278 g/mol. The summed E-state index contributed by atoms with van der Waals surface area (Å²) >= 11 is 0. The van der Waals surface area contributed by atoms with Crippen LogP contribution in [0.1, 0.15) is 6.92 Å². The molecule has 1 aromatic carbocycles. The van der Waals surface area contributed by atoms with Crippen LogP contribution in [0.5, 0.6) is 11.5 Å². The summed E-state index contributed by atoms with van der Waals surface area (Å²) in [5, 5.41) is 11.8. The van der Waals surface area contributed by atoms with E-state index in [9.17, 15) is 14.7 Å². The van der Waals surface area contributed by atoms with Crippen molar-refractivity contribution in [2.45, 2.75) is 19.1 Å². The molecule has 0 bridgehead atoms. The van der Waals surface area contributed by atoms with Gasteiger partial charge in [0.2, 0.25) is 0 Å². The zero-order valence-corrected chi connectivity index (χ0v) is 12.2. The second-order valence-corrected chi connectivity index (χ2v) is 4.22. The van der Waals surface area contributed by atoms with Gasteiger partial charge in [0.05, 0.1) is 20.8 Å². The molecule has 0 heterocycles. The number of nitrogens with one attached hydrogen (secondary N) is 1. The Morgan fingerprint density at radius 2 is 1.76 bits per heavy atom. The SMILES string of the molecule is COC(=O)C(O)CNC(=O)C(C)Oc1ccc(OC)cc1. The topological polar surface area (TPSA) is 94.1 Å². The van der Waals surface area contributed by atoms with Crippen LogP contribution >= 0.6 is 0 Å². The van der Waals surface area contributed by atoms with Gasteiger partial charge in [-0.15, -0.1) is 0 Å². The Morgan fingerprint density at radius 1 is 1.19 bits per heavy atom. The Kier molecular flexibility index (Phi) is 6.48. The second kappa shape index (κ2) is 8.11. The van der Waals surface area contributed by atoms with E-state index in [4.69, 9.17) is 9.47 Å². The minimum absolute atomic E-state index is 0.234. The molecule has 0 aliphatic carbocycles. The van der Waals surface area contributed by atoms with Crippen molar-refractivity contribution in [1.82, 2.24) is 5.32 Å².